The van der Waals surface area contributed by atoms with Gasteiger partial charge in [-0.2, -0.15) is 0 Å². The molecule has 0 saturated carbocycles. The molecule has 6 rings (SSSR count). The van der Waals surface area contributed by atoms with Crippen LogP contribution in [-0.4, -0.2) is 33.0 Å². The van der Waals surface area contributed by atoms with Crippen molar-refractivity contribution in [2.75, 3.05) is 13.1 Å². The maximum atomic E-state index is 4.58. The van der Waals surface area contributed by atoms with Crippen LogP contribution >= 0.6 is 11.3 Å². The van der Waals surface area contributed by atoms with E-state index >= 15 is 0 Å². The second-order valence-electron chi connectivity index (χ2n) is 8.65. The second-order valence-corrected chi connectivity index (χ2v) is 9.74. The quantitative estimate of drug-likeness (QED) is 0.335. The first-order chi connectivity index (χ1) is 16.3. The minimum atomic E-state index is 0.354. The molecule has 166 valence electrons. The van der Waals surface area contributed by atoms with Crippen molar-refractivity contribution in [3.05, 3.63) is 70.9 Å². The molecule has 2 fully saturated rings. The summed E-state index contributed by atoms with van der Waals surface area (Å²) in [5.41, 5.74) is 4.24. The van der Waals surface area contributed by atoms with Crippen LogP contribution in [0.4, 0.5) is 0 Å². The van der Waals surface area contributed by atoms with E-state index in [9.17, 15) is 0 Å². The molecule has 1 aromatic carbocycles. The number of nitrogens with one attached hydrogen (secondary N) is 4. The lowest BCUT2D eigenvalue weighted by molar-refractivity contribution is 0.613. The Hall–Kier alpha value is -3.18. The summed E-state index contributed by atoms with van der Waals surface area (Å²) in [5, 5.41) is 6.97. The molecule has 2 aliphatic rings. The molecule has 6 nitrogen and oxygen atoms in total. The van der Waals surface area contributed by atoms with Crippen molar-refractivity contribution in [3.63, 3.8) is 0 Å². The maximum absolute atomic E-state index is 4.58. The van der Waals surface area contributed by atoms with E-state index in [4.69, 9.17) is 0 Å². The van der Waals surface area contributed by atoms with Crippen LogP contribution in [0.15, 0.2) is 48.8 Å². The van der Waals surface area contributed by atoms with E-state index < -0.39 is 0 Å². The van der Waals surface area contributed by atoms with Gasteiger partial charge in [-0.3, -0.25) is 0 Å². The average Bonchev–Trinajstić information content (AvgIpc) is 3.68. The highest BCUT2D eigenvalue weighted by atomic mass is 32.1. The molecule has 2 atom stereocenters. The highest BCUT2D eigenvalue weighted by molar-refractivity contribution is 7.16. The maximum Gasteiger partial charge on any atom is 0.123 e. The Morgan fingerprint density at radius 3 is 2.09 bits per heavy atom. The molecule has 2 aliphatic heterocycles. The fraction of sp³-hybridized carbons (Fsp3) is 0.308. The van der Waals surface area contributed by atoms with Gasteiger partial charge >= 0.3 is 0 Å². The third-order valence-electron chi connectivity index (χ3n) is 6.37. The average molecular weight is 455 g/mol. The zero-order valence-electron chi connectivity index (χ0n) is 18.3. The minimum Gasteiger partial charge on any atom is -0.341 e. The molecular weight excluding hydrogens is 428 g/mol. The fourth-order valence-electron chi connectivity index (χ4n) is 4.55. The molecule has 7 heteroatoms. The van der Waals surface area contributed by atoms with Crippen LogP contribution in [-0.2, 0) is 0 Å². The minimum absolute atomic E-state index is 0.354. The van der Waals surface area contributed by atoms with E-state index in [0.29, 0.717) is 12.1 Å². The first-order valence-electron chi connectivity index (χ1n) is 11.6. The van der Waals surface area contributed by atoms with Gasteiger partial charge in [0.1, 0.15) is 11.6 Å². The lowest BCUT2D eigenvalue weighted by Gasteiger charge is -2.05. The Balaban J connectivity index is 1.13. The van der Waals surface area contributed by atoms with E-state index in [2.05, 4.69) is 78.8 Å². The smallest absolute Gasteiger partial charge is 0.123 e. The van der Waals surface area contributed by atoms with Crippen LogP contribution < -0.4 is 10.6 Å². The number of benzene rings is 1. The van der Waals surface area contributed by atoms with Gasteiger partial charge in [-0.05, 0) is 68.6 Å². The summed E-state index contributed by atoms with van der Waals surface area (Å²) in [7, 11) is 0. The number of aromatic nitrogens is 4. The number of rotatable bonds is 4. The summed E-state index contributed by atoms with van der Waals surface area (Å²) in [6, 6.07) is 13.3. The van der Waals surface area contributed by atoms with E-state index in [1.165, 1.54) is 12.8 Å². The summed E-state index contributed by atoms with van der Waals surface area (Å²) < 4.78 is 0. The van der Waals surface area contributed by atoms with Crippen molar-refractivity contribution in [1.29, 1.82) is 0 Å². The van der Waals surface area contributed by atoms with Crippen molar-refractivity contribution in [2.45, 2.75) is 37.8 Å². The highest BCUT2D eigenvalue weighted by Crippen LogP contribution is 2.29. The Bertz CT molecular complexity index is 1290. The van der Waals surface area contributed by atoms with E-state index in [1.807, 2.05) is 12.4 Å². The molecule has 0 aliphatic carbocycles. The standard InChI is InChI=1S/C26H26N6S/c1-3-20(27-13-1)25-29-15-22(31-25)18-8-5-17(6-9-18)7-10-19-11-12-24(33-19)23-16-30-26(32-23)21-4-2-14-28-21/h5-6,8-9,11-12,15-16,20-21,27-28H,1-4,13-14H2,(H,29,31)(H,30,32)/t20-,21-/m1/s1. The van der Waals surface area contributed by atoms with Gasteiger partial charge in [0.05, 0.1) is 45.6 Å². The predicted molar refractivity (Wildman–Crippen MR) is 132 cm³/mol. The molecule has 0 spiro atoms. The van der Waals surface area contributed by atoms with Gasteiger partial charge in [-0.15, -0.1) is 11.3 Å². The van der Waals surface area contributed by atoms with Gasteiger partial charge < -0.3 is 20.6 Å². The third kappa shape index (κ3) is 4.38. The van der Waals surface area contributed by atoms with Crippen molar-refractivity contribution < 1.29 is 0 Å². The summed E-state index contributed by atoms with van der Waals surface area (Å²) in [6.07, 6.45) is 8.56. The zero-order chi connectivity index (χ0) is 22.0. The Morgan fingerprint density at radius 2 is 1.42 bits per heavy atom. The normalized spacial score (nSPS) is 20.1. The molecule has 5 heterocycles. The van der Waals surface area contributed by atoms with Gasteiger partial charge in [0.25, 0.3) is 0 Å². The number of aromatic amines is 2. The van der Waals surface area contributed by atoms with Crippen LogP contribution in [0, 0.1) is 11.8 Å². The monoisotopic (exact) mass is 454 g/mol. The molecule has 33 heavy (non-hydrogen) atoms. The molecule has 0 unspecified atom stereocenters. The molecule has 2 saturated heterocycles. The number of imidazole rings is 2. The molecule has 0 amide bonds. The van der Waals surface area contributed by atoms with Crippen LogP contribution in [0.2, 0.25) is 0 Å². The van der Waals surface area contributed by atoms with Crippen LogP contribution in [0.25, 0.3) is 21.8 Å². The van der Waals surface area contributed by atoms with Gasteiger partial charge in [-0.25, -0.2) is 9.97 Å². The molecule has 4 aromatic rings. The van der Waals surface area contributed by atoms with Crippen LogP contribution in [0.3, 0.4) is 0 Å². The first-order valence-corrected chi connectivity index (χ1v) is 12.4. The second kappa shape index (κ2) is 8.99. The largest absolute Gasteiger partial charge is 0.341 e. The van der Waals surface area contributed by atoms with Crippen LogP contribution in [0.1, 0.15) is 59.9 Å². The molecule has 0 radical (unpaired) electrons. The number of hydrogen-bond donors (Lipinski definition) is 4. The first kappa shape index (κ1) is 20.4. The highest BCUT2D eigenvalue weighted by Gasteiger charge is 2.20. The molecule has 0 bridgehead atoms. The van der Waals surface area contributed by atoms with E-state index in [-0.39, 0.29) is 0 Å². The van der Waals surface area contributed by atoms with Crippen molar-refractivity contribution in [2.24, 2.45) is 0 Å². The summed E-state index contributed by atoms with van der Waals surface area (Å²) in [4.78, 5) is 18.3. The Labute approximate surface area is 197 Å². The number of nitrogens with zero attached hydrogens (tertiary/aromatic N) is 2. The number of H-pyrrole nitrogens is 2. The third-order valence-corrected chi connectivity index (χ3v) is 7.40. The number of hydrogen-bond acceptors (Lipinski definition) is 5. The lowest BCUT2D eigenvalue weighted by atomic mass is 10.1. The van der Waals surface area contributed by atoms with E-state index in [1.54, 1.807) is 11.3 Å². The number of thiophene rings is 1. The molecular formula is C26H26N6S. The van der Waals surface area contributed by atoms with Gasteiger partial charge in [0, 0.05) is 5.56 Å². The van der Waals surface area contributed by atoms with E-state index in [0.717, 1.165) is 69.8 Å². The Morgan fingerprint density at radius 1 is 0.758 bits per heavy atom. The zero-order valence-corrected chi connectivity index (χ0v) is 19.1. The molecule has 4 N–H and O–H groups in total. The fourth-order valence-corrected chi connectivity index (χ4v) is 5.38. The molecule has 3 aromatic heterocycles. The van der Waals surface area contributed by atoms with Crippen molar-refractivity contribution >= 4 is 11.3 Å². The van der Waals surface area contributed by atoms with Gasteiger partial charge in [0.15, 0.2) is 0 Å². The SMILES string of the molecule is C(#Cc1ccc(-c2cnc([C@H]3CCCN3)[nH]2)s1)c1ccc(-c2cnc([C@H]3CCCN3)[nH]2)cc1. The summed E-state index contributed by atoms with van der Waals surface area (Å²) in [5.74, 6) is 8.67. The summed E-state index contributed by atoms with van der Waals surface area (Å²) >= 11 is 1.69. The van der Waals surface area contributed by atoms with Crippen molar-refractivity contribution in [1.82, 2.24) is 30.6 Å². The van der Waals surface area contributed by atoms with Crippen molar-refractivity contribution in [3.8, 4) is 33.7 Å². The lowest BCUT2D eigenvalue weighted by Crippen LogP contribution is -2.14. The predicted octanol–water partition coefficient (Wildman–Crippen LogP) is 4.78. The topological polar surface area (TPSA) is 81.4 Å². The summed E-state index contributed by atoms with van der Waals surface area (Å²) in [6.45, 7) is 2.14. The van der Waals surface area contributed by atoms with Crippen LogP contribution in [0.5, 0.6) is 0 Å². The van der Waals surface area contributed by atoms with Gasteiger partial charge in [0.2, 0.25) is 0 Å². The van der Waals surface area contributed by atoms with Gasteiger partial charge in [-0.1, -0.05) is 24.0 Å². The Kier molecular flexibility index (Phi) is 5.56.